The maximum absolute atomic E-state index is 8.20. The Balaban J connectivity index is 0. The molecule has 2 nitrogen and oxygen atoms in total. The Morgan fingerprint density at radius 3 is 1.75 bits per heavy atom. The third-order valence-corrected chi connectivity index (χ3v) is 0.905. The molecule has 0 aliphatic heterocycles. The molecule has 0 aliphatic rings. The molecule has 0 aromatic heterocycles. The Hall–Kier alpha value is -0.420. The minimum absolute atomic E-state index is 0. The Morgan fingerprint density at radius 1 is 1.38 bits per heavy atom. The lowest BCUT2D eigenvalue weighted by molar-refractivity contribution is 0.436. The molecule has 0 aromatic rings. The molecule has 0 aliphatic carbocycles. The number of hydrogen-bond donors (Lipinski definition) is 0. The van der Waals surface area contributed by atoms with Crippen LogP contribution in [0.3, 0.4) is 0 Å². The Labute approximate surface area is 56.5 Å². The van der Waals surface area contributed by atoms with Gasteiger partial charge in [0.25, 0.3) is 0 Å². The van der Waals surface area contributed by atoms with E-state index < -0.39 is 0 Å². The van der Waals surface area contributed by atoms with Gasteiger partial charge in [-0.25, -0.2) is 0 Å². The molecule has 0 fully saturated rings. The zero-order valence-corrected chi connectivity index (χ0v) is 6.03. The lowest BCUT2D eigenvalue weighted by Gasteiger charge is -2.06. The van der Waals surface area contributed by atoms with Crippen molar-refractivity contribution in [3.63, 3.8) is 0 Å². The maximum Gasteiger partial charge on any atom is 0.179 e. The molecule has 0 N–H and O–H groups in total. The van der Waals surface area contributed by atoms with Gasteiger partial charge in [-0.1, -0.05) is 0 Å². The number of rotatable bonds is 2. The van der Waals surface area contributed by atoms with E-state index >= 15 is 0 Å². The van der Waals surface area contributed by atoms with Gasteiger partial charge in [0.05, 0.1) is 0 Å². The summed E-state index contributed by atoms with van der Waals surface area (Å²) < 4.78 is 0. The summed E-state index contributed by atoms with van der Waals surface area (Å²) in [5.74, 6) is 0. The molecule has 0 amide bonds. The highest BCUT2D eigenvalue weighted by Crippen LogP contribution is 1.78. The van der Waals surface area contributed by atoms with E-state index in [1.54, 1.807) is 4.90 Å². The van der Waals surface area contributed by atoms with Crippen LogP contribution in [0.25, 0.3) is 0 Å². The van der Waals surface area contributed by atoms with Crippen molar-refractivity contribution in [1.29, 1.82) is 5.26 Å². The monoisotopic (exact) mass is 134 g/mol. The van der Waals surface area contributed by atoms with Crippen LogP contribution in [0.1, 0.15) is 13.8 Å². The van der Waals surface area contributed by atoms with E-state index in [9.17, 15) is 0 Å². The van der Waals surface area contributed by atoms with Crippen molar-refractivity contribution >= 4 is 12.4 Å². The van der Waals surface area contributed by atoms with Gasteiger partial charge in [0.15, 0.2) is 6.19 Å². The largest absolute Gasteiger partial charge is 0.311 e. The molecule has 8 heavy (non-hydrogen) atoms. The lowest BCUT2D eigenvalue weighted by Crippen LogP contribution is -2.15. The van der Waals surface area contributed by atoms with Gasteiger partial charge in [0, 0.05) is 13.1 Å². The first-order valence-corrected chi connectivity index (χ1v) is 2.49. The average Bonchev–Trinajstić information content (AvgIpc) is 1.72. The van der Waals surface area contributed by atoms with Crippen LogP contribution in [-0.2, 0) is 0 Å². The first-order valence-electron chi connectivity index (χ1n) is 2.49. The van der Waals surface area contributed by atoms with Crippen LogP contribution in [0.2, 0.25) is 0 Å². The topological polar surface area (TPSA) is 27.0 Å². The number of nitrogens with zero attached hydrogens (tertiary/aromatic N) is 2. The fourth-order valence-electron chi connectivity index (χ4n) is 0.365. The molecule has 48 valence electrons. The van der Waals surface area contributed by atoms with Crippen molar-refractivity contribution in [2.45, 2.75) is 13.8 Å². The predicted molar refractivity (Wildman–Crippen MR) is 35.8 cm³/mol. The summed E-state index contributed by atoms with van der Waals surface area (Å²) in [6.45, 7) is 5.58. The third-order valence-electron chi connectivity index (χ3n) is 0.905. The normalized spacial score (nSPS) is 6.62. The molecule has 0 unspecified atom stereocenters. The Morgan fingerprint density at radius 2 is 1.75 bits per heavy atom. The Bertz CT molecular complexity index is 73.0. The van der Waals surface area contributed by atoms with E-state index in [-0.39, 0.29) is 12.4 Å². The van der Waals surface area contributed by atoms with Gasteiger partial charge in [-0.15, -0.1) is 12.4 Å². The van der Waals surface area contributed by atoms with E-state index in [4.69, 9.17) is 5.26 Å². The van der Waals surface area contributed by atoms with Gasteiger partial charge in [0.1, 0.15) is 0 Å². The van der Waals surface area contributed by atoms with E-state index in [2.05, 4.69) is 0 Å². The van der Waals surface area contributed by atoms with Crippen molar-refractivity contribution < 1.29 is 0 Å². The first-order chi connectivity index (χ1) is 3.35. The number of hydrogen-bond acceptors (Lipinski definition) is 2. The van der Waals surface area contributed by atoms with Gasteiger partial charge in [-0.2, -0.15) is 5.26 Å². The van der Waals surface area contributed by atoms with Crippen molar-refractivity contribution in [3.8, 4) is 6.19 Å². The summed E-state index contributed by atoms with van der Waals surface area (Å²) >= 11 is 0. The molecule has 0 saturated heterocycles. The van der Waals surface area contributed by atoms with Crippen molar-refractivity contribution in [2.24, 2.45) is 0 Å². The van der Waals surface area contributed by atoms with Crippen LogP contribution in [-0.4, -0.2) is 18.0 Å². The smallest absolute Gasteiger partial charge is 0.179 e. The highest BCUT2D eigenvalue weighted by Gasteiger charge is 1.87. The van der Waals surface area contributed by atoms with Gasteiger partial charge in [0.2, 0.25) is 0 Å². The van der Waals surface area contributed by atoms with Crippen molar-refractivity contribution in [1.82, 2.24) is 4.90 Å². The highest BCUT2D eigenvalue weighted by molar-refractivity contribution is 5.85. The average molecular weight is 135 g/mol. The second-order valence-electron chi connectivity index (χ2n) is 1.27. The summed E-state index contributed by atoms with van der Waals surface area (Å²) in [5, 5.41) is 8.20. The second kappa shape index (κ2) is 6.58. The molecule has 0 radical (unpaired) electrons. The molecule has 0 bridgehead atoms. The third kappa shape index (κ3) is 3.76. The molecule has 0 atom stereocenters. The summed E-state index contributed by atoms with van der Waals surface area (Å²) in [6.07, 6.45) is 2.03. The van der Waals surface area contributed by atoms with Crippen LogP contribution >= 0.6 is 12.4 Å². The van der Waals surface area contributed by atoms with Crippen molar-refractivity contribution in [3.05, 3.63) is 0 Å². The minimum Gasteiger partial charge on any atom is -0.311 e. The van der Waals surface area contributed by atoms with E-state index in [0.29, 0.717) is 0 Å². The Kier molecular flexibility index (Phi) is 8.67. The number of halogens is 1. The molecule has 0 saturated carbocycles. The molecule has 0 heterocycles. The van der Waals surface area contributed by atoms with Crippen LogP contribution in [0, 0.1) is 11.5 Å². The predicted octanol–water partition coefficient (Wildman–Crippen LogP) is 1.23. The summed E-state index contributed by atoms with van der Waals surface area (Å²) in [6, 6.07) is 0. The van der Waals surface area contributed by atoms with Crippen molar-refractivity contribution in [2.75, 3.05) is 13.1 Å². The molecule has 0 rings (SSSR count). The SMILES string of the molecule is CCN(C#N)CC.Cl. The molecule has 3 heteroatoms. The zero-order valence-electron chi connectivity index (χ0n) is 5.22. The summed E-state index contributed by atoms with van der Waals surface area (Å²) in [4.78, 5) is 1.68. The van der Waals surface area contributed by atoms with E-state index in [0.717, 1.165) is 13.1 Å². The van der Waals surface area contributed by atoms with Gasteiger partial charge in [-0.05, 0) is 13.8 Å². The molecule has 0 spiro atoms. The van der Waals surface area contributed by atoms with E-state index in [1.165, 1.54) is 0 Å². The van der Waals surface area contributed by atoms with E-state index in [1.807, 2.05) is 20.0 Å². The molecular formula is C5H11ClN2. The minimum atomic E-state index is 0. The zero-order chi connectivity index (χ0) is 5.70. The molecular weight excluding hydrogens is 124 g/mol. The maximum atomic E-state index is 8.20. The standard InChI is InChI=1S/C5H10N2.ClH/c1-3-7(4-2)5-6;/h3-4H2,1-2H3;1H. The van der Waals surface area contributed by atoms with Crippen LogP contribution in [0.4, 0.5) is 0 Å². The summed E-state index contributed by atoms with van der Waals surface area (Å²) in [5.41, 5.74) is 0. The van der Waals surface area contributed by atoms with Gasteiger partial charge in [-0.3, -0.25) is 0 Å². The first kappa shape index (κ1) is 10.5. The number of nitriles is 1. The van der Waals surface area contributed by atoms with Gasteiger partial charge >= 0.3 is 0 Å². The van der Waals surface area contributed by atoms with Crippen LogP contribution in [0.15, 0.2) is 0 Å². The fraction of sp³-hybridized carbons (Fsp3) is 0.800. The second-order valence-corrected chi connectivity index (χ2v) is 1.27. The van der Waals surface area contributed by atoms with Crippen LogP contribution in [0.5, 0.6) is 0 Å². The van der Waals surface area contributed by atoms with Gasteiger partial charge < -0.3 is 4.90 Å². The highest BCUT2D eigenvalue weighted by atomic mass is 35.5. The van der Waals surface area contributed by atoms with Crippen LogP contribution < -0.4 is 0 Å². The fourth-order valence-corrected chi connectivity index (χ4v) is 0.365. The lowest BCUT2D eigenvalue weighted by atomic mass is 10.6. The molecule has 0 aromatic carbocycles. The summed E-state index contributed by atoms with van der Waals surface area (Å²) in [7, 11) is 0. The quantitative estimate of drug-likeness (QED) is 0.420.